The normalized spacial score (nSPS) is 12.2. The molecule has 0 aliphatic carbocycles. The van der Waals surface area contributed by atoms with E-state index in [2.05, 4.69) is 37.2 Å². The molecule has 1 heterocycles. The van der Waals surface area contributed by atoms with Crippen LogP contribution in [0.3, 0.4) is 0 Å². The maximum atomic E-state index is 11.9. The van der Waals surface area contributed by atoms with Crippen LogP contribution < -0.4 is 5.32 Å². The van der Waals surface area contributed by atoms with Gasteiger partial charge in [0.1, 0.15) is 6.04 Å². The number of thiophene rings is 1. The highest BCUT2D eigenvalue weighted by Gasteiger charge is 2.20. The second kappa shape index (κ2) is 7.36. The van der Waals surface area contributed by atoms with Crippen molar-refractivity contribution >= 4 is 49.2 Å². The predicted molar refractivity (Wildman–Crippen MR) is 87.8 cm³/mol. The van der Waals surface area contributed by atoms with E-state index < -0.39 is 6.04 Å². The zero-order valence-electron chi connectivity index (χ0n) is 10.7. The summed E-state index contributed by atoms with van der Waals surface area (Å²) in [7, 11) is 1.40. The first-order valence-corrected chi connectivity index (χ1v) is 8.32. The summed E-state index contributed by atoms with van der Waals surface area (Å²) in [6, 6.07) is 11.1. The van der Waals surface area contributed by atoms with Gasteiger partial charge >= 0.3 is 5.97 Å². The number of benzene rings is 1. The van der Waals surface area contributed by atoms with E-state index in [1.54, 1.807) is 11.3 Å². The molecule has 0 saturated carbocycles. The average Bonchev–Trinajstić information content (AvgIpc) is 2.78. The fraction of sp³-hybridized carbons (Fsp3) is 0.214. The molecule has 2 rings (SSSR count). The van der Waals surface area contributed by atoms with Gasteiger partial charge in [-0.25, -0.2) is 4.79 Å². The van der Waals surface area contributed by atoms with Crippen molar-refractivity contribution in [1.29, 1.82) is 0 Å². The lowest BCUT2D eigenvalue weighted by Gasteiger charge is -2.16. The first-order valence-electron chi connectivity index (χ1n) is 5.91. The van der Waals surface area contributed by atoms with E-state index in [-0.39, 0.29) is 5.97 Å². The lowest BCUT2D eigenvalue weighted by atomic mass is 10.1. The first-order chi connectivity index (χ1) is 9.61. The summed E-state index contributed by atoms with van der Waals surface area (Å²) in [6.07, 6.45) is 0. The SMILES string of the molecule is COC(=O)C(NCc1cc(Br)c(Br)s1)c1ccccc1. The van der Waals surface area contributed by atoms with Gasteiger partial charge in [-0.3, -0.25) is 5.32 Å². The molecule has 3 nitrogen and oxygen atoms in total. The summed E-state index contributed by atoms with van der Waals surface area (Å²) in [6.45, 7) is 0.601. The smallest absolute Gasteiger partial charge is 0.327 e. The quantitative estimate of drug-likeness (QED) is 0.736. The van der Waals surface area contributed by atoms with Crippen LogP contribution in [0.1, 0.15) is 16.5 Å². The minimum Gasteiger partial charge on any atom is -0.468 e. The second-order valence-electron chi connectivity index (χ2n) is 4.08. The van der Waals surface area contributed by atoms with Crippen molar-refractivity contribution in [3.8, 4) is 0 Å². The van der Waals surface area contributed by atoms with Crippen LogP contribution in [0, 0.1) is 0 Å². The standard InChI is InChI=1S/C14H13Br2NO2S/c1-19-14(18)12(9-5-3-2-4-6-9)17-8-10-7-11(15)13(16)20-10/h2-7,12,17H,8H2,1H3. The van der Waals surface area contributed by atoms with E-state index >= 15 is 0 Å². The van der Waals surface area contributed by atoms with Gasteiger partial charge in [0.25, 0.3) is 0 Å². The number of rotatable bonds is 5. The molecule has 0 amide bonds. The maximum Gasteiger partial charge on any atom is 0.327 e. The second-order valence-corrected chi connectivity index (χ2v) is 7.39. The highest BCUT2D eigenvalue weighted by Crippen LogP contribution is 2.32. The van der Waals surface area contributed by atoms with Crippen LogP contribution >= 0.6 is 43.2 Å². The molecule has 0 aliphatic heterocycles. The monoisotopic (exact) mass is 417 g/mol. The van der Waals surface area contributed by atoms with Gasteiger partial charge in [0.15, 0.2) is 0 Å². The Kier molecular flexibility index (Phi) is 5.77. The summed E-state index contributed by atoms with van der Waals surface area (Å²) in [5, 5.41) is 3.24. The summed E-state index contributed by atoms with van der Waals surface area (Å²) < 4.78 is 6.93. The van der Waals surface area contributed by atoms with Crippen LogP contribution in [-0.2, 0) is 16.1 Å². The van der Waals surface area contributed by atoms with Crippen molar-refractivity contribution in [2.24, 2.45) is 0 Å². The van der Waals surface area contributed by atoms with E-state index in [9.17, 15) is 4.79 Å². The number of hydrogen-bond donors (Lipinski definition) is 1. The third kappa shape index (κ3) is 3.91. The Labute approximate surface area is 138 Å². The molecular formula is C14H13Br2NO2S. The molecule has 0 spiro atoms. The number of ether oxygens (including phenoxy) is 1. The number of esters is 1. The molecule has 1 atom stereocenters. The van der Waals surface area contributed by atoms with Crippen LogP contribution in [0.5, 0.6) is 0 Å². The molecule has 20 heavy (non-hydrogen) atoms. The lowest BCUT2D eigenvalue weighted by molar-refractivity contribution is -0.143. The van der Waals surface area contributed by atoms with E-state index in [0.717, 1.165) is 18.7 Å². The summed E-state index contributed by atoms with van der Waals surface area (Å²) in [4.78, 5) is 13.0. The maximum absolute atomic E-state index is 11.9. The topological polar surface area (TPSA) is 38.3 Å². The van der Waals surface area contributed by atoms with Crippen molar-refractivity contribution in [2.75, 3.05) is 7.11 Å². The van der Waals surface area contributed by atoms with Crippen molar-refractivity contribution in [3.63, 3.8) is 0 Å². The van der Waals surface area contributed by atoms with Crippen LogP contribution in [0.4, 0.5) is 0 Å². The molecule has 0 bridgehead atoms. The zero-order valence-corrected chi connectivity index (χ0v) is 14.7. The van der Waals surface area contributed by atoms with Gasteiger partial charge in [-0.1, -0.05) is 30.3 Å². The molecule has 0 aliphatic rings. The Bertz CT molecular complexity index is 567. The van der Waals surface area contributed by atoms with Crippen molar-refractivity contribution in [3.05, 3.63) is 55.1 Å². The Morgan fingerprint density at radius 1 is 1.35 bits per heavy atom. The molecule has 1 aromatic carbocycles. The van der Waals surface area contributed by atoms with Crippen molar-refractivity contribution in [2.45, 2.75) is 12.6 Å². The highest BCUT2D eigenvalue weighted by atomic mass is 79.9. The third-order valence-corrected chi connectivity index (χ3v) is 6.00. The molecule has 0 fully saturated rings. The number of carbonyl (C=O) groups is 1. The van der Waals surface area contributed by atoms with Crippen LogP contribution in [0.2, 0.25) is 0 Å². The van der Waals surface area contributed by atoms with Gasteiger partial charge < -0.3 is 4.74 Å². The van der Waals surface area contributed by atoms with E-state index in [1.807, 2.05) is 36.4 Å². The number of nitrogens with one attached hydrogen (secondary N) is 1. The Hall–Kier alpha value is -0.690. The largest absolute Gasteiger partial charge is 0.468 e. The zero-order chi connectivity index (χ0) is 14.5. The number of carbonyl (C=O) groups excluding carboxylic acids is 1. The van der Waals surface area contributed by atoms with E-state index in [0.29, 0.717) is 6.54 Å². The minimum atomic E-state index is -0.458. The summed E-state index contributed by atoms with van der Waals surface area (Å²) in [5.74, 6) is -0.286. The summed E-state index contributed by atoms with van der Waals surface area (Å²) in [5.41, 5.74) is 0.897. The molecule has 1 aromatic heterocycles. The third-order valence-electron chi connectivity index (χ3n) is 2.75. The van der Waals surface area contributed by atoms with Crippen LogP contribution in [0.15, 0.2) is 44.7 Å². The molecule has 0 saturated heterocycles. The van der Waals surface area contributed by atoms with Gasteiger partial charge in [-0.2, -0.15) is 0 Å². The number of methoxy groups -OCH3 is 1. The van der Waals surface area contributed by atoms with Gasteiger partial charge in [-0.05, 0) is 43.5 Å². The molecule has 0 radical (unpaired) electrons. The summed E-state index contributed by atoms with van der Waals surface area (Å²) >= 11 is 8.54. The molecule has 1 unspecified atom stereocenters. The van der Waals surface area contributed by atoms with Gasteiger partial charge in [-0.15, -0.1) is 11.3 Å². The Balaban J connectivity index is 2.11. The Morgan fingerprint density at radius 3 is 2.60 bits per heavy atom. The van der Waals surface area contributed by atoms with E-state index in [1.165, 1.54) is 7.11 Å². The van der Waals surface area contributed by atoms with E-state index in [4.69, 9.17) is 4.74 Å². The molecule has 6 heteroatoms. The molecule has 106 valence electrons. The van der Waals surface area contributed by atoms with Crippen LogP contribution in [0.25, 0.3) is 0 Å². The first kappa shape index (κ1) is 15.7. The fourth-order valence-corrected chi connectivity index (χ4v) is 3.91. The van der Waals surface area contributed by atoms with Crippen molar-refractivity contribution in [1.82, 2.24) is 5.32 Å². The molecular weight excluding hydrogens is 406 g/mol. The highest BCUT2D eigenvalue weighted by molar-refractivity contribution is 9.13. The van der Waals surface area contributed by atoms with Crippen molar-refractivity contribution < 1.29 is 9.53 Å². The molecule has 1 N–H and O–H groups in total. The lowest BCUT2D eigenvalue weighted by Crippen LogP contribution is -2.29. The fourth-order valence-electron chi connectivity index (χ4n) is 1.78. The van der Waals surface area contributed by atoms with Gasteiger partial charge in [0.05, 0.1) is 10.9 Å². The van der Waals surface area contributed by atoms with Gasteiger partial charge in [0, 0.05) is 15.9 Å². The van der Waals surface area contributed by atoms with Gasteiger partial charge in [0.2, 0.25) is 0 Å². The number of hydrogen-bond acceptors (Lipinski definition) is 4. The minimum absolute atomic E-state index is 0.286. The average molecular weight is 419 g/mol. The number of halogens is 2. The molecule has 2 aromatic rings. The van der Waals surface area contributed by atoms with Crippen LogP contribution in [-0.4, -0.2) is 13.1 Å². The Morgan fingerprint density at radius 2 is 2.05 bits per heavy atom. The predicted octanol–water partition coefficient (Wildman–Crippen LogP) is 4.28.